The van der Waals surface area contributed by atoms with Crippen LogP contribution in [0.4, 0.5) is 0 Å². The van der Waals surface area contributed by atoms with Crippen LogP contribution in [0.15, 0.2) is 52.9 Å². The quantitative estimate of drug-likeness (QED) is 0.473. The van der Waals surface area contributed by atoms with E-state index in [4.69, 9.17) is 9.15 Å². The molecule has 0 amide bonds. The van der Waals surface area contributed by atoms with Gasteiger partial charge in [-0.25, -0.2) is 0 Å². The van der Waals surface area contributed by atoms with Crippen molar-refractivity contribution in [3.63, 3.8) is 0 Å². The van der Waals surface area contributed by atoms with Gasteiger partial charge in [0, 0.05) is 29.5 Å². The summed E-state index contributed by atoms with van der Waals surface area (Å²) in [5.74, 6) is 1.47. The molecular weight excluding hydrogens is 338 g/mol. The molecule has 4 nitrogen and oxygen atoms in total. The zero-order valence-corrected chi connectivity index (χ0v) is 16.5. The zero-order valence-electron chi connectivity index (χ0n) is 16.5. The molecule has 0 aliphatic heterocycles. The van der Waals surface area contributed by atoms with E-state index < -0.39 is 0 Å². The van der Waals surface area contributed by atoms with Crippen LogP contribution in [0, 0.1) is 0 Å². The van der Waals surface area contributed by atoms with E-state index in [1.165, 1.54) is 0 Å². The standard InChI is InChI=1S/C23H27NO3/c1-5-19-21(18-8-6-7-9-20(18)27-19)22(25)16-10-12-17(13-11-16)26-15-14-24-23(2,3)4/h6-13,24H,5,14-15H2,1-4H3. The molecule has 3 aromatic rings. The summed E-state index contributed by atoms with van der Waals surface area (Å²) in [4.78, 5) is 13.1. The van der Waals surface area contributed by atoms with Crippen LogP contribution in [0.5, 0.6) is 5.75 Å². The number of furan rings is 1. The Morgan fingerprint density at radius 3 is 2.44 bits per heavy atom. The van der Waals surface area contributed by atoms with Crippen molar-refractivity contribution in [1.82, 2.24) is 5.32 Å². The number of ketones is 1. The van der Waals surface area contributed by atoms with Crippen molar-refractivity contribution in [2.24, 2.45) is 0 Å². The number of hydrogen-bond donors (Lipinski definition) is 1. The van der Waals surface area contributed by atoms with Gasteiger partial charge in [-0.3, -0.25) is 4.79 Å². The minimum atomic E-state index is -0.0160. The number of rotatable bonds is 7. The minimum Gasteiger partial charge on any atom is -0.492 e. The van der Waals surface area contributed by atoms with Crippen molar-refractivity contribution in [3.05, 3.63) is 65.4 Å². The van der Waals surface area contributed by atoms with Crippen molar-refractivity contribution in [2.45, 2.75) is 39.7 Å². The molecule has 0 radical (unpaired) electrons. The van der Waals surface area contributed by atoms with Gasteiger partial charge in [0.05, 0.1) is 5.56 Å². The second-order valence-electron chi connectivity index (χ2n) is 7.63. The van der Waals surface area contributed by atoms with Crippen LogP contribution in [-0.4, -0.2) is 24.5 Å². The predicted molar refractivity (Wildman–Crippen MR) is 109 cm³/mol. The molecule has 0 atom stereocenters. The third kappa shape index (κ3) is 4.58. The number of aryl methyl sites for hydroxylation is 1. The first kappa shape index (κ1) is 19.2. The zero-order chi connectivity index (χ0) is 19.4. The number of para-hydroxylation sites is 1. The Hall–Kier alpha value is -2.59. The summed E-state index contributed by atoms with van der Waals surface area (Å²) < 4.78 is 11.6. The monoisotopic (exact) mass is 365 g/mol. The SMILES string of the molecule is CCc1oc2ccccc2c1C(=O)c1ccc(OCCNC(C)(C)C)cc1. The Bertz CT molecular complexity index is 917. The van der Waals surface area contributed by atoms with Crippen LogP contribution in [0.1, 0.15) is 49.4 Å². The Morgan fingerprint density at radius 2 is 1.78 bits per heavy atom. The first-order valence-electron chi connectivity index (χ1n) is 9.42. The van der Waals surface area contributed by atoms with Gasteiger partial charge < -0.3 is 14.5 Å². The van der Waals surface area contributed by atoms with Crippen LogP contribution in [0.2, 0.25) is 0 Å². The molecule has 0 aliphatic rings. The van der Waals surface area contributed by atoms with Gasteiger partial charge in [0.15, 0.2) is 5.78 Å². The Morgan fingerprint density at radius 1 is 1.07 bits per heavy atom. The number of benzene rings is 2. The van der Waals surface area contributed by atoms with E-state index >= 15 is 0 Å². The highest BCUT2D eigenvalue weighted by Gasteiger charge is 2.20. The minimum absolute atomic E-state index is 0.0160. The second kappa shape index (κ2) is 7.97. The summed E-state index contributed by atoms with van der Waals surface area (Å²) in [6.45, 7) is 9.71. The molecule has 0 aliphatic carbocycles. The first-order chi connectivity index (χ1) is 12.9. The van der Waals surface area contributed by atoms with E-state index in [0.29, 0.717) is 24.2 Å². The molecule has 1 aromatic heterocycles. The van der Waals surface area contributed by atoms with E-state index in [-0.39, 0.29) is 11.3 Å². The molecule has 0 unspecified atom stereocenters. The van der Waals surface area contributed by atoms with Crippen molar-refractivity contribution < 1.29 is 13.9 Å². The van der Waals surface area contributed by atoms with E-state index in [1.807, 2.05) is 55.5 Å². The highest BCUT2D eigenvalue weighted by Crippen LogP contribution is 2.29. The molecule has 27 heavy (non-hydrogen) atoms. The number of hydrogen-bond acceptors (Lipinski definition) is 4. The van der Waals surface area contributed by atoms with Gasteiger partial charge in [-0.1, -0.05) is 25.1 Å². The smallest absolute Gasteiger partial charge is 0.197 e. The fourth-order valence-corrected chi connectivity index (χ4v) is 3.04. The average molecular weight is 365 g/mol. The van der Waals surface area contributed by atoms with Gasteiger partial charge in [-0.2, -0.15) is 0 Å². The van der Waals surface area contributed by atoms with E-state index in [2.05, 4.69) is 26.1 Å². The highest BCUT2D eigenvalue weighted by molar-refractivity contribution is 6.16. The summed E-state index contributed by atoms with van der Waals surface area (Å²) in [6.07, 6.45) is 0.678. The van der Waals surface area contributed by atoms with E-state index in [1.54, 1.807) is 0 Å². The molecular formula is C23H27NO3. The first-order valence-corrected chi connectivity index (χ1v) is 9.42. The maximum absolute atomic E-state index is 13.1. The molecule has 0 bridgehead atoms. The predicted octanol–water partition coefficient (Wildman–Crippen LogP) is 4.99. The van der Waals surface area contributed by atoms with E-state index in [9.17, 15) is 4.79 Å². The molecule has 0 saturated heterocycles. The lowest BCUT2D eigenvalue weighted by molar-refractivity contribution is 0.103. The van der Waals surface area contributed by atoms with Gasteiger partial charge in [-0.05, 0) is 51.1 Å². The van der Waals surface area contributed by atoms with Crippen molar-refractivity contribution >= 4 is 16.8 Å². The number of carbonyl (C=O) groups excluding carboxylic acids is 1. The lowest BCUT2D eigenvalue weighted by Crippen LogP contribution is -2.38. The molecule has 0 fully saturated rings. The molecule has 2 aromatic carbocycles. The Labute approximate surface area is 160 Å². The van der Waals surface area contributed by atoms with E-state index in [0.717, 1.165) is 29.0 Å². The van der Waals surface area contributed by atoms with Gasteiger partial charge >= 0.3 is 0 Å². The van der Waals surface area contributed by atoms with Gasteiger partial charge in [0.1, 0.15) is 23.7 Å². The number of carbonyl (C=O) groups is 1. The third-order valence-corrected chi connectivity index (χ3v) is 4.36. The number of ether oxygens (including phenoxy) is 1. The van der Waals surface area contributed by atoms with Gasteiger partial charge in [-0.15, -0.1) is 0 Å². The lowest BCUT2D eigenvalue weighted by atomic mass is 9.99. The van der Waals surface area contributed by atoms with Crippen LogP contribution < -0.4 is 10.1 Å². The van der Waals surface area contributed by atoms with Crippen LogP contribution >= 0.6 is 0 Å². The molecule has 142 valence electrons. The van der Waals surface area contributed by atoms with Crippen molar-refractivity contribution in [3.8, 4) is 5.75 Å². The summed E-state index contributed by atoms with van der Waals surface area (Å²) in [5, 5.41) is 4.25. The summed E-state index contributed by atoms with van der Waals surface area (Å²) in [7, 11) is 0. The van der Waals surface area contributed by atoms with Crippen LogP contribution in [0.25, 0.3) is 11.0 Å². The Kier molecular flexibility index (Phi) is 5.66. The topological polar surface area (TPSA) is 51.5 Å². The van der Waals surface area contributed by atoms with Gasteiger partial charge in [0.2, 0.25) is 0 Å². The van der Waals surface area contributed by atoms with Crippen molar-refractivity contribution in [2.75, 3.05) is 13.2 Å². The maximum atomic E-state index is 13.1. The molecule has 1 N–H and O–H groups in total. The van der Waals surface area contributed by atoms with Gasteiger partial charge in [0.25, 0.3) is 0 Å². The molecule has 4 heteroatoms. The average Bonchev–Trinajstić information content (AvgIpc) is 3.03. The number of nitrogens with one attached hydrogen (secondary N) is 1. The number of fused-ring (bicyclic) bond motifs is 1. The molecule has 0 saturated carbocycles. The molecule has 1 heterocycles. The normalized spacial score (nSPS) is 11.7. The Balaban J connectivity index is 1.73. The summed E-state index contributed by atoms with van der Waals surface area (Å²) in [6, 6.07) is 15.0. The summed E-state index contributed by atoms with van der Waals surface area (Å²) >= 11 is 0. The second-order valence-corrected chi connectivity index (χ2v) is 7.63. The van der Waals surface area contributed by atoms with Crippen LogP contribution in [0.3, 0.4) is 0 Å². The molecule has 0 spiro atoms. The highest BCUT2D eigenvalue weighted by atomic mass is 16.5. The fourth-order valence-electron chi connectivity index (χ4n) is 3.04. The van der Waals surface area contributed by atoms with Crippen LogP contribution in [-0.2, 0) is 6.42 Å². The third-order valence-electron chi connectivity index (χ3n) is 4.36. The maximum Gasteiger partial charge on any atom is 0.197 e. The molecule has 3 rings (SSSR count). The fraction of sp³-hybridized carbons (Fsp3) is 0.348. The summed E-state index contributed by atoms with van der Waals surface area (Å²) in [5.41, 5.74) is 2.13. The lowest BCUT2D eigenvalue weighted by Gasteiger charge is -2.20. The van der Waals surface area contributed by atoms with Crippen molar-refractivity contribution in [1.29, 1.82) is 0 Å². The largest absolute Gasteiger partial charge is 0.492 e.